The number of aliphatic hydroxyl groups excluding tert-OH is 1. The number of rotatable bonds is 5. The van der Waals surface area contributed by atoms with E-state index in [0.29, 0.717) is 0 Å². The highest BCUT2D eigenvalue weighted by molar-refractivity contribution is 5.91. The van der Waals surface area contributed by atoms with Crippen molar-refractivity contribution in [1.82, 2.24) is 10.9 Å². The van der Waals surface area contributed by atoms with Gasteiger partial charge in [0, 0.05) is 6.54 Å². The Morgan fingerprint density at radius 2 is 2.33 bits per heavy atom. The Kier molecular flexibility index (Phi) is 3.77. The van der Waals surface area contributed by atoms with E-state index in [2.05, 4.69) is 15.3 Å². The van der Waals surface area contributed by atoms with Gasteiger partial charge in [0.2, 0.25) is 0 Å². The minimum atomic E-state index is -0.738. The van der Waals surface area contributed by atoms with E-state index in [1.165, 1.54) is 6.07 Å². The SMILES string of the molecule is O=C(NNCCO)c1ccc([N+](=O)[O-])o1. The Morgan fingerprint density at radius 3 is 2.87 bits per heavy atom. The number of furan rings is 1. The van der Waals surface area contributed by atoms with Gasteiger partial charge in [-0.15, -0.1) is 0 Å². The molecule has 0 fully saturated rings. The summed E-state index contributed by atoms with van der Waals surface area (Å²) in [5.41, 5.74) is 4.58. The largest absolute Gasteiger partial charge is 0.433 e. The zero-order valence-corrected chi connectivity index (χ0v) is 7.60. The number of hydrazine groups is 1. The molecule has 1 aromatic rings. The third-order valence-electron chi connectivity index (χ3n) is 1.43. The van der Waals surface area contributed by atoms with E-state index in [1.54, 1.807) is 0 Å². The molecule has 3 N–H and O–H groups in total. The van der Waals surface area contributed by atoms with E-state index < -0.39 is 16.7 Å². The van der Waals surface area contributed by atoms with Crippen molar-refractivity contribution < 1.29 is 19.2 Å². The summed E-state index contributed by atoms with van der Waals surface area (Å²) >= 11 is 0. The van der Waals surface area contributed by atoms with Crippen LogP contribution in [-0.2, 0) is 0 Å². The maximum absolute atomic E-state index is 11.2. The lowest BCUT2D eigenvalue weighted by atomic mass is 10.4. The molecule has 0 bridgehead atoms. The van der Waals surface area contributed by atoms with Crippen molar-refractivity contribution >= 4 is 11.8 Å². The average molecular weight is 215 g/mol. The van der Waals surface area contributed by atoms with Crippen molar-refractivity contribution in [2.45, 2.75) is 0 Å². The molecule has 8 nitrogen and oxygen atoms in total. The Labute approximate surface area is 84.0 Å². The van der Waals surface area contributed by atoms with E-state index >= 15 is 0 Å². The molecule has 0 unspecified atom stereocenters. The third-order valence-corrected chi connectivity index (χ3v) is 1.43. The molecular weight excluding hydrogens is 206 g/mol. The van der Waals surface area contributed by atoms with Gasteiger partial charge in [-0.05, 0) is 6.07 Å². The molecule has 0 aliphatic carbocycles. The Hall–Kier alpha value is -1.93. The molecule has 8 heteroatoms. The van der Waals surface area contributed by atoms with Gasteiger partial charge in [-0.25, -0.2) is 5.43 Å². The van der Waals surface area contributed by atoms with Crippen LogP contribution in [0.15, 0.2) is 16.5 Å². The molecule has 15 heavy (non-hydrogen) atoms. The van der Waals surface area contributed by atoms with E-state index in [1.807, 2.05) is 0 Å². The van der Waals surface area contributed by atoms with Gasteiger partial charge >= 0.3 is 11.8 Å². The van der Waals surface area contributed by atoms with Crippen LogP contribution >= 0.6 is 0 Å². The first kappa shape index (κ1) is 11.1. The van der Waals surface area contributed by atoms with Gasteiger partial charge in [0.25, 0.3) is 0 Å². The van der Waals surface area contributed by atoms with Crippen molar-refractivity contribution in [2.75, 3.05) is 13.2 Å². The highest BCUT2D eigenvalue weighted by Crippen LogP contribution is 2.14. The van der Waals surface area contributed by atoms with Gasteiger partial charge < -0.3 is 9.52 Å². The van der Waals surface area contributed by atoms with Gasteiger partial charge in [0.15, 0.2) is 5.76 Å². The number of amides is 1. The van der Waals surface area contributed by atoms with Crippen LogP contribution in [0.25, 0.3) is 0 Å². The maximum atomic E-state index is 11.2. The van der Waals surface area contributed by atoms with E-state index in [9.17, 15) is 14.9 Å². The van der Waals surface area contributed by atoms with Gasteiger partial charge in [-0.1, -0.05) is 0 Å². The topological polar surface area (TPSA) is 118 Å². The summed E-state index contributed by atoms with van der Waals surface area (Å²) in [6.45, 7) is 0.0348. The molecule has 0 aliphatic rings. The van der Waals surface area contributed by atoms with E-state index in [0.717, 1.165) is 6.07 Å². The van der Waals surface area contributed by atoms with Crippen molar-refractivity contribution in [2.24, 2.45) is 0 Å². The summed E-state index contributed by atoms with van der Waals surface area (Å²) in [4.78, 5) is 20.7. The molecule has 1 amide bonds. The zero-order valence-electron chi connectivity index (χ0n) is 7.60. The number of aliphatic hydroxyl groups is 1. The fourth-order valence-corrected chi connectivity index (χ4v) is 0.808. The molecule has 0 aliphatic heterocycles. The summed E-state index contributed by atoms with van der Waals surface area (Å²) in [7, 11) is 0. The van der Waals surface area contributed by atoms with Crippen molar-refractivity contribution in [3.63, 3.8) is 0 Å². The van der Waals surface area contributed by atoms with Crippen LogP contribution in [-0.4, -0.2) is 29.1 Å². The van der Waals surface area contributed by atoms with Crippen LogP contribution in [0, 0.1) is 10.1 Å². The lowest BCUT2D eigenvalue weighted by Crippen LogP contribution is -2.38. The summed E-state index contributed by atoms with van der Waals surface area (Å²) in [5.74, 6) is -1.31. The summed E-state index contributed by atoms with van der Waals surface area (Å²) in [6, 6.07) is 2.27. The van der Waals surface area contributed by atoms with Gasteiger partial charge in [0.1, 0.15) is 4.92 Å². The quantitative estimate of drug-likeness (QED) is 0.343. The maximum Gasteiger partial charge on any atom is 0.433 e. The minimum absolute atomic E-state index is 0.140. The number of nitrogens with one attached hydrogen (secondary N) is 2. The number of carbonyl (C=O) groups is 1. The monoisotopic (exact) mass is 215 g/mol. The highest BCUT2D eigenvalue weighted by Gasteiger charge is 2.16. The second-order valence-corrected chi connectivity index (χ2v) is 2.50. The summed E-state index contributed by atoms with van der Waals surface area (Å²) in [6.07, 6.45) is 0. The van der Waals surface area contributed by atoms with Crippen LogP contribution in [0.1, 0.15) is 10.6 Å². The molecule has 1 rings (SSSR count). The van der Waals surface area contributed by atoms with E-state index in [4.69, 9.17) is 5.11 Å². The Balaban J connectivity index is 2.54. The second-order valence-electron chi connectivity index (χ2n) is 2.50. The molecule has 1 heterocycles. The first-order chi connectivity index (χ1) is 7.15. The predicted molar refractivity (Wildman–Crippen MR) is 47.9 cm³/mol. The van der Waals surface area contributed by atoms with Crippen LogP contribution in [0.2, 0.25) is 0 Å². The molecule has 0 radical (unpaired) electrons. The molecule has 0 spiro atoms. The van der Waals surface area contributed by atoms with Crippen molar-refractivity contribution in [1.29, 1.82) is 0 Å². The number of carbonyl (C=O) groups excluding carboxylic acids is 1. The standard InChI is InChI=1S/C7H9N3O5/c11-4-3-8-9-7(12)5-1-2-6(15-5)10(13)14/h1-2,8,11H,3-4H2,(H,9,12). The molecule has 82 valence electrons. The number of nitro groups is 1. The van der Waals surface area contributed by atoms with Crippen LogP contribution in [0.5, 0.6) is 0 Å². The molecule has 0 aromatic carbocycles. The van der Waals surface area contributed by atoms with Gasteiger partial charge in [0.05, 0.1) is 12.7 Å². The molecular formula is C7H9N3O5. The van der Waals surface area contributed by atoms with Gasteiger partial charge in [-0.3, -0.25) is 20.3 Å². The molecule has 0 saturated carbocycles. The third kappa shape index (κ3) is 3.04. The predicted octanol–water partition coefficient (Wildman–Crippen LogP) is -0.585. The first-order valence-corrected chi connectivity index (χ1v) is 4.03. The first-order valence-electron chi connectivity index (χ1n) is 4.03. The fourth-order valence-electron chi connectivity index (χ4n) is 0.808. The lowest BCUT2D eigenvalue weighted by Gasteiger charge is -2.01. The minimum Gasteiger partial charge on any atom is -0.395 e. The van der Waals surface area contributed by atoms with Crippen LogP contribution in [0.4, 0.5) is 5.88 Å². The van der Waals surface area contributed by atoms with Crippen LogP contribution < -0.4 is 10.9 Å². The molecule has 0 atom stereocenters. The summed E-state index contributed by atoms with van der Waals surface area (Å²) < 4.78 is 4.62. The summed E-state index contributed by atoms with van der Waals surface area (Å²) in [5, 5.41) is 18.6. The molecule has 0 saturated heterocycles. The van der Waals surface area contributed by atoms with Crippen LogP contribution in [0.3, 0.4) is 0 Å². The average Bonchev–Trinajstić information content (AvgIpc) is 2.66. The van der Waals surface area contributed by atoms with Crippen molar-refractivity contribution in [3.05, 3.63) is 28.0 Å². The van der Waals surface area contributed by atoms with E-state index in [-0.39, 0.29) is 18.9 Å². The number of nitrogens with zero attached hydrogens (tertiary/aromatic N) is 1. The fraction of sp³-hybridized carbons (Fsp3) is 0.286. The van der Waals surface area contributed by atoms with Gasteiger partial charge in [-0.2, -0.15) is 0 Å². The molecule has 1 aromatic heterocycles. The number of hydrogen-bond donors (Lipinski definition) is 3. The zero-order chi connectivity index (χ0) is 11.3. The Bertz CT molecular complexity index is 361. The Morgan fingerprint density at radius 1 is 1.60 bits per heavy atom. The highest BCUT2D eigenvalue weighted by atomic mass is 16.6. The normalized spacial score (nSPS) is 9.93. The smallest absolute Gasteiger partial charge is 0.395 e. The second kappa shape index (κ2) is 5.08. The lowest BCUT2D eigenvalue weighted by molar-refractivity contribution is -0.402. The number of hydrogen-bond acceptors (Lipinski definition) is 6. The van der Waals surface area contributed by atoms with Crippen molar-refractivity contribution in [3.8, 4) is 0 Å².